The number of carbonyl (C=O) groups is 3. The Labute approximate surface area is 144 Å². The topological polar surface area (TPSA) is 105 Å². The van der Waals surface area contributed by atoms with E-state index < -0.39 is 12.1 Å². The highest BCUT2D eigenvalue weighted by atomic mass is 35.5. The number of halogens is 1. The van der Waals surface area contributed by atoms with Gasteiger partial charge in [-0.25, -0.2) is 0 Å². The second-order valence-corrected chi connectivity index (χ2v) is 6.16. The molecule has 2 atom stereocenters. The van der Waals surface area contributed by atoms with E-state index in [1.54, 1.807) is 11.8 Å². The van der Waals surface area contributed by atoms with Crippen molar-refractivity contribution in [3.63, 3.8) is 0 Å². The molecule has 0 unspecified atom stereocenters. The van der Waals surface area contributed by atoms with Gasteiger partial charge in [-0.1, -0.05) is 13.8 Å². The monoisotopic (exact) mass is 348 g/mol. The zero-order chi connectivity index (χ0) is 16.7. The van der Waals surface area contributed by atoms with Crippen LogP contribution in [0.25, 0.3) is 0 Å². The molecule has 0 radical (unpaired) electrons. The fraction of sp³-hybridized carbons (Fsp3) is 0.800. The van der Waals surface area contributed by atoms with Crippen molar-refractivity contribution in [2.24, 2.45) is 11.7 Å². The van der Waals surface area contributed by atoms with Crippen molar-refractivity contribution in [3.05, 3.63) is 0 Å². The molecule has 1 heterocycles. The van der Waals surface area contributed by atoms with Crippen LogP contribution >= 0.6 is 12.4 Å². The van der Waals surface area contributed by atoms with Crippen LogP contribution in [0.15, 0.2) is 0 Å². The Morgan fingerprint density at radius 1 is 1.09 bits per heavy atom. The second kappa shape index (κ2) is 10.4. The predicted octanol–water partition coefficient (Wildman–Crippen LogP) is 0.0249. The van der Waals surface area contributed by atoms with E-state index in [4.69, 9.17) is 5.73 Å². The van der Waals surface area contributed by atoms with Crippen molar-refractivity contribution in [1.29, 1.82) is 0 Å². The molecule has 1 saturated heterocycles. The highest BCUT2D eigenvalue weighted by Crippen LogP contribution is 2.09. The Balaban J connectivity index is 0.00000484. The number of rotatable bonds is 6. The standard InChI is InChI=1S/C15H28N4O3.ClH/c1-10(2)13(16)14(21)17-9-12(20)18-11(3)15(22)19-7-5-4-6-8-19;/h10-11,13H,4-9,16H2,1-3H3,(H,17,21)(H,18,20);1H/t11-,13-;/m0./s1. The summed E-state index contributed by atoms with van der Waals surface area (Å²) in [4.78, 5) is 37.4. The van der Waals surface area contributed by atoms with Crippen LogP contribution in [0.4, 0.5) is 0 Å². The molecule has 23 heavy (non-hydrogen) atoms. The average Bonchev–Trinajstić information content (AvgIpc) is 2.51. The van der Waals surface area contributed by atoms with Crippen LogP contribution in [0, 0.1) is 5.92 Å². The van der Waals surface area contributed by atoms with Crippen LogP contribution in [0.2, 0.25) is 0 Å². The first-order chi connectivity index (χ1) is 10.3. The second-order valence-electron chi connectivity index (χ2n) is 6.16. The number of nitrogens with zero attached hydrogens (tertiary/aromatic N) is 1. The summed E-state index contributed by atoms with van der Waals surface area (Å²) in [6, 6.07) is -1.22. The van der Waals surface area contributed by atoms with Gasteiger partial charge in [0.2, 0.25) is 17.7 Å². The molecule has 1 aliphatic heterocycles. The maximum Gasteiger partial charge on any atom is 0.244 e. The largest absolute Gasteiger partial charge is 0.346 e. The number of amides is 3. The quantitative estimate of drug-likeness (QED) is 0.629. The summed E-state index contributed by atoms with van der Waals surface area (Å²) in [7, 11) is 0. The van der Waals surface area contributed by atoms with E-state index in [0.29, 0.717) is 0 Å². The van der Waals surface area contributed by atoms with Gasteiger partial charge in [-0.15, -0.1) is 12.4 Å². The minimum atomic E-state index is -0.639. The average molecular weight is 349 g/mol. The number of nitrogens with one attached hydrogen (secondary N) is 2. The third kappa shape index (κ3) is 7.18. The van der Waals surface area contributed by atoms with E-state index >= 15 is 0 Å². The molecular weight excluding hydrogens is 320 g/mol. The van der Waals surface area contributed by atoms with Gasteiger partial charge in [0.25, 0.3) is 0 Å². The fourth-order valence-corrected chi connectivity index (χ4v) is 2.33. The van der Waals surface area contributed by atoms with E-state index in [0.717, 1.165) is 32.4 Å². The number of nitrogens with two attached hydrogens (primary N) is 1. The third-order valence-electron chi connectivity index (χ3n) is 3.86. The van der Waals surface area contributed by atoms with Gasteiger partial charge in [0, 0.05) is 13.1 Å². The zero-order valence-corrected chi connectivity index (χ0v) is 14.9. The molecule has 1 rings (SSSR count). The van der Waals surface area contributed by atoms with Crippen molar-refractivity contribution >= 4 is 30.1 Å². The molecule has 0 aromatic heterocycles. The first-order valence-electron chi connectivity index (χ1n) is 7.94. The van der Waals surface area contributed by atoms with Gasteiger partial charge in [-0.3, -0.25) is 14.4 Å². The third-order valence-corrected chi connectivity index (χ3v) is 3.86. The summed E-state index contributed by atoms with van der Waals surface area (Å²) in [5, 5.41) is 5.10. The van der Waals surface area contributed by atoms with Gasteiger partial charge in [-0.05, 0) is 32.1 Å². The molecule has 0 saturated carbocycles. The molecule has 0 spiro atoms. The van der Waals surface area contributed by atoms with Crippen LogP contribution in [-0.2, 0) is 14.4 Å². The maximum atomic E-state index is 12.2. The number of carbonyl (C=O) groups excluding carboxylic acids is 3. The van der Waals surface area contributed by atoms with Crippen LogP contribution < -0.4 is 16.4 Å². The van der Waals surface area contributed by atoms with Crippen molar-refractivity contribution in [2.45, 2.75) is 52.1 Å². The molecular formula is C15H29ClN4O3. The Morgan fingerprint density at radius 3 is 2.17 bits per heavy atom. The highest BCUT2D eigenvalue weighted by molar-refractivity contribution is 5.90. The Hall–Kier alpha value is -1.34. The Morgan fingerprint density at radius 2 is 1.65 bits per heavy atom. The van der Waals surface area contributed by atoms with Gasteiger partial charge < -0.3 is 21.3 Å². The summed E-state index contributed by atoms with van der Waals surface area (Å²) in [5.41, 5.74) is 5.69. The van der Waals surface area contributed by atoms with Gasteiger partial charge in [0.15, 0.2) is 0 Å². The molecule has 0 aromatic rings. The number of piperidine rings is 1. The molecule has 4 N–H and O–H groups in total. The SMILES string of the molecule is CC(C)[C@H](N)C(=O)NCC(=O)N[C@@H](C)C(=O)N1CCCCC1.Cl. The normalized spacial score (nSPS) is 17.0. The lowest BCUT2D eigenvalue weighted by Gasteiger charge is -2.29. The zero-order valence-electron chi connectivity index (χ0n) is 14.1. The molecule has 0 bridgehead atoms. The molecule has 8 heteroatoms. The van der Waals surface area contributed by atoms with Crippen LogP contribution in [0.5, 0.6) is 0 Å². The molecule has 0 aromatic carbocycles. The van der Waals surface area contributed by atoms with E-state index in [1.165, 1.54) is 0 Å². The van der Waals surface area contributed by atoms with Gasteiger partial charge >= 0.3 is 0 Å². The van der Waals surface area contributed by atoms with Gasteiger partial charge in [-0.2, -0.15) is 0 Å². The molecule has 0 aliphatic carbocycles. The van der Waals surface area contributed by atoms with Crippen LogP contribution in [-0.4, -0.2) is 54.3 Å². The lowest BCUT2D eigenvalue weighted by molar-refractivity contribution is -0.136. The summed E-state index contributed by atoms with van der Waals surface area (Å²) < 4.78 is 0. The van der Waals surface area contributed by atoms with Gasteiger partial charge in [0.05, 0.1) is 12.6 Å². The minimum absolute atomic E-state index is 0. The molecule has 1 fully saturated rings. The Bertz CT molecular complexity index is 412. The Kier molecular flexibility index (Phi) is 9.83. The van der Waals surface area contributed by atoms with Crippen LogP contribution in [0.3, 0.4) is 0 Å². The summed E-state index contributed by atoms with van der Waals surface area (Å²) in [6.45, 7) is 6.67. The van der Waals surface area contributed by atoms with E-state index in [2.05, 4.69) is 10.6 Å². The maximum absolute atomic E-state index is 12.2. The minimum Gasteiger partial charge on any atom is -0.346 e. The lowest BCUT2D eigenvalue weighted by atomic mass is 10.1. The smallest absolute Gasteiger partial charge is 0.244 e. The van der Waals surface area contributed by atoms with Crippen molar-refractivity contribution in [2.75, 3.05) is 19.6 Å². The van der Waals surface area contributed by atoms with Crippen molar-refractivity contribution < 1.29 is 14.4 Å². The predicted molar refractivity (Wildman–Crippen MR) is 91.1 cm³/mol. The van der Waals surface area contributed by atoms with Gasteiger partial charge in [0.1, 0.15) is 6.04 Å². The van der Waals surface area contributed by atoms with E-state index in [9.17, 15) is 14.4 Å². The molecule has 7 nitrogen and oxygen atoms in total. The molecule has 134 valence electrons. The first-order valence-corrected chi connectivity index (χ1v) is 7.94. The van der Waals surface area contributed by atoms with Crippen LogP contribution in [0.1, 0.15) is 40.0 Å². The van der Waals surface area contributed by atoms with E-state index in [-0.39, 0.29) is 42.6 Å². The van der Waals surface area contributed by atoms with E-state index in [1.807, 2.05) is 13.8 Å². The highest BCUT2D eigenvalue weighted by Gasteiger charge is 2.24. The molecule has 1 aliphatic rings. The van der Waals surface area contributed by atoms with Crippen molar-refractivity contribution in [1.82, 2.24) is 15.5 Å². The number of hydrogen-bond donors (Lipinski definition) is 3. The molecule has 3 amide bonds. The number of hydrogen-bond acceptors (Lipinski definition) is 4. The van der Waals surface area contributed by atoms with Crippen molar-refractivity contribution in [3.8, 4) is 0 Å². The number of likely N-dealkylation sites (tertiary alicyclic amines) is 1. The summed E-state index contributed by atoms with van der Waals surface area (Å²) >= 11 is 0. The summed E-state index contributed by atoms with van der Waals surface area (Å²) in [5.74, 6) is -0.816. The lowest BCUT2D eigenvalue weighted by Crippen LogP contribution is -2.52. The first kappa shape index (κ1) is 21.7. The summed E-state index contributed by atoms with van der Waals surface area (Å²) in [6.07, 6.45) is 3.16. The fourth-order valence-electron chi connectivity index (χ4n) is 2.33.